The Kier molecular flexibility index (Phi) is 5.11. The molecule has 1 aromatic heterocycles. The Morgan fingerprint density at radius 1 is 1.28 bits per heavy atom. The Morgan fingerprint density at radius 3 is 2.68 bits per heavy atom. The number of nitro benzene ring substituents is 1. The monoisotopic (exact) mass is 380 g/mol. The van der Waals surface area contributed by atoms with Crippen LogP contribution in [0.2, 0.25) is 0 Å². The smallest absolute Gasteiger partial charge is 0.272 e. The molecule has 1 saturated heterocycles. The average Bonchev–Trinajstić information content (AvgIpc) is 3.28. The number of nitro groups is 1. The van der Waals surface area contributed by atoms with Crippen molar-refractivity contribution in [3.63, 3.8) is 0 Å². The zero-order valence-corrected chi connectivity index (χ0v) is 14.8. The third-order valence-corrected chi connectivity index (χ3v) is 6.41. The summed E-state index contributed by atoms with van der Waals surface area (Å²) in [5.74, 6) is 0. The lowest BCUT2D eigenvalue weighted by Gasteiger charge is -2.15. The molecule has 132 valence electrons. The fraction of sp³-hybridized carbons (Fsp3) is 0.267. The van der Waals surface area contributed by atoms with Crippen molar-refractivity contribution in [1.29, 1.82) is 0 Å². The maximum absolute atomic E-state index is 12.5. The molecule has 0 spiro atoms. The van der Waals surface area contributed by atoms with E-state index in [0.717, 1.165) is 24.5 Å². The third kappa shape index (κ3) is 3.86. The van der Waals surface area contributed by atoms with Gasteiger partial charge in [0.15, 0.2) is 0 Å². The van der Waals surface area contributed by atoms with E-state index in [4.69, 9.17) is 0 Å². The number of benzene rings is 1. The number of hydrogen-bond donors (Lipinski definition) is 1. The van der Waals surface area contributed by atoms with Crippen molar-refractivity contribution in [2.24, 2.45) is 5.10 Å². The zero-order chi connectivity index (χ0) is 17.9. The largest absolute Gasteiger partial charge is 0.295 e. The first-order valence-electron chi connectivity index (χ1n) is 7.58. The molecule has 2 heterocycles. The fourth-order valence-corrected chi connectivity index (χ4v) is 4.67. The van der Waals surface area contributed by atoms with Gasteiger partial charge in [0.1, 0.15) is 5.69 Å². The number of hydrogen-bond acceptors (Lipinski definition) is 7. The minimum absolute atomic E-state index is 0.0755. The van der Waals surface area contributed by atoms with E-state index in [0.29, 0.717) is 13.1 Å². The molecule has 1 fully saturated rings. The normalized spacial score (nSPS) is 15.7. The van der Waals surface area contributed by atoms with Crippen molar-refractivity contribution >= 4 is 38.9 Å². The maximum atomic E-state index is 12.5. The molecule has 0 atom stereocenters. The summed E-state index contributed by atoms with van der Waals surface area (Å²) in [4.78, 5) is 10.6. The van der Waals surface area contributed by atoms with E-state index in [-0.39, 0.29) is 16.3 Å². The molecular formula is C15H16N4O4S2. The quantitative estimate of drug-likeness (QED) is 0.471. The topological polar surface area (TPSA) is 105 Å². The van der Waals surface area contributed by atoms with E-state index >= 15 is 0 Å². The first-order valence-corrected chi connectivity index (χ1v) is 9.96. The van der Waals surface area contributed by atoms with Gasteiger partial charge in [-0.3, -0.25) is 15.5 Å². The summed E-state index contributed by atoms with van der Waals surface area (Å²) in [7, 11) is -3.70. The molecule has 1 aliphatic rings. The molecule has 10 heteroatoms. The van der Waals surface area contributed by atoms with Crippen molar-refractivity contribution < 1.29 is 13.3 Å². The number of nitrogens with one attached hydrogen (secondary N) is 1. The summed E-state index contributed by atoms with van der Waals surface area (Å²) in [5, 5.41) is 19.1. The first-order chi connectivity index (χ1) is 12.0. The van der Waals surface area contributed by atoms with Crippen molar-refractivity contribution in [1.82, 2.24) is 4.31 Å². The van der Waals surface area contributed by atoms with Crippen LogP contribution in [0.15, 0.2) is 45.0 Å². The standard InChI is InChI=1S/C15H16N4O4S2/c20-19(21)15-9-13(25(22,23)18-6-1-2-7-18)3-4-14(15)17-16-10-12-5-8-24-11-12/h3-5,8-11,17H,1-2,6-7H2/b16-10-. The van der Waals surface area contributed by atoms with E-state index in [9.17, 15) is 18.5 Å². The van der Waals surface area contributed by atoms with E-state index in [1.807, 2.05) is 16.8 Å². The van der Waals surface area contributed by atoms with Crippen LogP contribution in [0, 0.1) is 10.1 Å². The van der Waals surface area contributed by atoms with Crippen molar-refractivity contribution in [3.8, 4) is 0 Å². The second-order valence-corrected chi connectivity index (χ2v) is 8.19. The summed E-state index contributed by atoms with van der Waals surface area (Å²) in [6.45, 7) is 0.891. The van der Waals surface area contributed by atoms with Crippen LogP contribution in [0.25, 0.3) is 0 Å². The number of hydrazone groups is 1. The van der Waals surface area contributed by atoms with Gasteiger partial charge in [0, 0.05) is 24.7 Å². The Bertz CT molecular complexity index is 888. The highest BCUT2D eigenvalue weighted by Gasteiger charge is 2.29. The fourth-order valence-electron chi connectivity index (χ4n) is 2.52. The van der Waals surface area contributed by atoms with Crippen LogP contribution in [-0.4, -0.2) is 37.0 Å². The molecule has 1 aromatic carbocycles. The van der Waals surface area contributed by atoms with E-state index in [1.54, 1.807) is 0 Å². The minimum Gasteiger partial charge on any atom is -0.272 e. The predicted molar refractivity (Wildman–Crippen MR) is 96.6 cm³/mol. The average molecular weight is 380 g/mol. The molecule has 0 unspecified atom stereocenters. The molecule has 2 aromatic rings. The Hall–Kier alpha value is -2.30. The summed E-state index contributed by atoms with van der Waals surface area (Å²) in [5.41, 5.74) is 3.28. The van der Waals surface area contributed by atoms with Gasteiger partial charge in [-0.2, -0.15) is 20.7 Å². The number of anilines is 1. The van der Waals surface area contributed by atoms with Gasteiger partial charge >= 0.3 is 0 Å². The van der Waals surface area contributed by atoms with Crippen LogP contribution >= 0.6 is 11.3 Å². The Morgan fingerprint density at radius 2 is 2.04 bits per heavy atom. The number of nitrogens with zero attached hydrogens (tertiary/aromatic N) is 3. The summed E-state index contributed by atoms with van der Waals surface area (Å²) in [6.07, 6.45) is 3.14. The SMILES string of the molecule is O=[N+]([O-])c1cc(S(=O)(=O)N2CCCC2)ccc1N/N=C\c1ccsc1. The van der Waals surface area contributed by atoms with Crippen LogP contribution in [0.5, 0.6) is 0 Å². The summed E-state index contributed by atoms with van der Waals surface area (Å²) < 4.78 is 26.4. The molecule has 25 heavy (non-hydrogen) atoms. The van der Waals surface area contributed by atoms with Gasteiger partial charge in [0.05, 0.1) is 16.0 Å². The third-order valence-electron chi connectivity index (χ3n) is 3.81. The first kappa shape index (κ1) is 17.5. The number of sulfonamides is 1. The molecule has 3 rings (SSSR count). The van der Waals surface area contributed by atoms with Gasteiger partial charge in [0.2, 0.25) is 10.0 Å². The highest BCUT2D eigenvalue weighted by atomic mass is 32.2. The maximum Gasteiger partial charge on any atom is 0.295 e. The zero-order valence-electron chi connectivity index (χ0n) is 13.2. The predicted octanol–water partition coefficient (Wildman–Crippen LogP) is 2.89. The van der Waals surface area contributed by atoms with E-state index in [2.05, 4.69) is 10.5 Å². The molecule has 0 amide bonds. The Labute approximate surface area is 149 Å². The van der Waals surface area contributed by atoms with Crippen molar-refractivity contribution in [2.45, 2.75) is 17.7 Å². The molecule has 1 N–H and O–H groups in total. The lowest BCUT2D eigenvalue weighted by molar-refractivity contribution is -0.384. The number of thiophene rings is 1. The molecule has 0 bridgehead atoms. The van der Waals surface area contributed by atoms with Gasteiger partial charge < -0.3 is 0 Å². The van der Waals surface area contributed by atoms with Gasteiger partial charge in [-0.15, -0.1) is 0 Å². The van der Waals surface area contributed by atoms with Gasteiger partial charge in [-0.1, -0.05) is 0 Å². The second kappa shape index (κ2) is 7.30. The van der Waals surface area contributed by atoms with Crippen LogP contribution in [0.3, 0.4) is 0 Å². The van der Waals surface area contributed by atoms with Crippen LogP contribution in [-0.2, 0) is 10.0 Å². The highest BCUT2D eigenvalue weighted by Crippen LogP contribution is 2.30. The molecule has 8 nitrogen and oxygen atoms in total. The van der Waals surface area contributed by atoms with Gasteiger partial charge in [-0.25, -0.2) is 8.42 Å². The van der Waals surface area contributed by atoms with E-state index < -0.39 is 14.9 Å². The summed E-state index contributed by atoms with van der Waals surface area (Å²) >= 11 is 1.51. The van der Waals surface area contributed by atoms with Gasteiger partial charge in [0.25, 0.3) is 5.69 Å². The molecule has 0 aliphatic carbocycles. The van der Waals surface area contributed by atoms with Crippen molar-refractivity contribution in [3.05, 3.63) is 50.7 Å². The summed E-state index contributed by atoms with van der Waals surface area (Å²) in [6, 6.07) is 5.67. The molecule has 1 aliphatic heterocycles. The van der Waals surface area contributed by atoms with E-state index in [1.165, 1.54) is 34.0 Å². The number of rotatable bonds is 6. The molecule has 0 saturated carbocycles. The Balaban J connectivity index is 1.86. The van der Waals surface area contributed by atoms with Gasteiger partial charge in [-0.05, 0) is 41.8 Å². The van der Waals surface area contributed by atoms with Crippen molar-refractivity contribution in [2.75, 3.05) is 18.5 Å². The van der Waals surface area contributed by atoms with Crippen LogP contribution < -0.4 is 5.43 Å². The second-order valence-electron chi connectivity index (χ2n) is 5.47. The lowest BCUT2D eigenvalue weighted by atomic mass is 10.3. The highest BCUT2D eigenvalue weighted by molar-refractivity contribution is 7.89. The molecule has 0 radical (unpaired) electrons. The van der Waals surface area contributed by atoms with Crippen LogP contribution in [0.4, 0.5) is 11.4 Å². The van der Waals surface area contributed by atoms with Crippen LogP contribution in [0.1, 0.15) is 18.4 Å². The lowest BCUT2D eigenvalue weighted by Crippen LogP contribution is -2.27. The minimum atomic E-state index is -3.70. The molecular weight excluding hydrogens is 364 g/mol.